The molecule has 28 heavy (non-hydrogen) atoms. The number of nitrogens with zero attached hydrogens (tertiary/aromatic N) is 5. The summed E-state index contributed by atoms with van der Waals surface area (Å²) >= 11 is 1.37. The predicted octanol–water partition coefficient (Wildman–Crippen LogP) is 3.53. The fourth-order valence-electron chi connectivity index (χ4n) is 2.81. The van der Waals surface area contributed by atoms with Crippen molar-refractivity contribution in [2.75, 3.05) is 11.1 Å². The smallest absolute Gasteiger partial charge is 0.234 e. The van der Waals surface area contributed by atoms with E-state index in [0.717, 1.165) is 21.8 Å². The monoisotopic (exact) mass is 390 g/mol. The largest absolute Gasteiger partial charge is 0.325 e. The lowest BCUT2D eigenvalue weighted by Crippen LogP contribution is -2.15. The third-order valence-electron chi connectivity index (χ3n) is 4.18. The van der Waals surface area contributed by atoms with E-state index >= 15 is 0 Å². The lowest BCUT2D eigenvalue weighted by Gasteiger charge is -2.09. The molecule has 0 unspecified atom stereocenters. The van der Waals surface area contributed by atoms with Crippen LogP contribution in [0.1, 0.15) is 11.1 Å². The van der Waals surface area contributed by atoms with E-state index in [9.17, 15) is 4.79 Å². The normalized spacial score (nSPS) is 10.9. The Balaban J connectivity index is 1.48. The summed E-state index contributed by atoms with van der Waals surface area (Å²) in [4.78, 5) is 16.3. The second-order valence-electron chi connectivity index (χ2n) is 6.36. The van der Waals surface area contributed by atoms with Crippen molar-refractivity contribution in [2.24, 2.45) is 0 Å². The maximum absolute atomic E-state index is 12.3. The molecule has 140 valence electrons. The van der Waals surface area contributed by atoms with Crippen molar-refractivity contribution in [1.29, 1.82) is 0 Å². The van der Waals surface area contributed by atoms with E-state index < -0.39 is 0 Å². The summed E-state index contributed by atoms with van der Waals surface area (Å²) in [6, 6.07) is 13.4. The van der Waals surface area contributed by atoms with Crippen molar-refractivity contribution in [2.45, 2.75) is 18.9 Å². The third kappa shape index (κ3) is 3.86. The fourth-order valence-corrected chi connectivity index (χ4v) is 3.46. The van der Waals surface area contributed by atoms with Crippen LogP contribution in [0.25, 0.3) is 17.0 Å². The van der Waals surface area contributed by atoms with Crippen LogP contribution in [0.2, 0.25) is 0 Å². The van der Waals surface area contributed by atoms with Gasteiger partial charge in [0, 0.05) is 23.6 Å². The number of aromatic nitrogens is 5. The molecule has 0 aliphatic rings. The molecule has 0 aliphatic heterocycles. The number of thioether (sulfide) groups is 1. The maximum atomic E-state index is 12.3. The van der Waals surface area contributed by atoms with Gasteiger partial charge in [0.25, 0.3) is 0 Å². The third-order valence-corrected chi connectivity index (χ3v) is 5.10. The van der Waals surface area contributed by atoms with Gasteiger partial charge >= 0.3 is 0 Å². The molecule has 0 aliphatic carbocycles. The van der Waals surface area contributed by atoms with Crippen molar-refractivity contribution >= 4 is 29.0 Å². The quantitative estimate of drug-likeness (QED) is 0.525. The van der Waals surface area contributed by atoms with Crippen molar-refractivity contribution in [3.8, 4) is 11.4 Å². The van der Waals surface area contributed by atoms with Crippen molar-refractivity contribution < 1.29 is 4.79 Å². The van der Waals surface area contributed by atoms with Crippen molar-refractivity contribution in [1.82, 2.24) is 24.8 Å². The average molecular weight is 390 g/mol. The summed E-state index contributed by atoms with van der Waals surface area (Å²) in [5, 5.41) is 16.6. The van der Waals surface area contributed by atoms with E-state index in [4.69, 9.17) is 0 Å². The van der Waals surface area contributed by atoms with Crippen LogP contribution in [0.5, 0.6) is 0 Å². The Kier molecular flexibility index (Phi) is 5.03. The summed E-state index contributed by atoms with van der Waals surface area (Å²) in [5.74, 6) is 0.829. The van der Waals surface area contributed by atoms with Gasteiger partial charge in [-0.25, -0.2) is 0 Å². The first-order valence-corrected chi connectivity index (χ1v) is 9.71. The summed E-state index contributed by atoms with van der Waals surface area (Å²) in [5.41, 5.74) is 4.57. The second kappa shape index (κ2) is 7.77. The molecule has 0 saturated carbocycles. The standard InChI is InChI=1S/C20H18N6OS/c1-13-3-4-16(14(2)11-13)22-18(27)12-28-19-6-5-17-23-24-20(26(17)25-19)15-7-9-21-10-8-15/h3-11H,12H2,1-2H3,(H,22,27). The van der Waals surface area contributed by atoms with Gasteiger partial charge in [0.1, 0.15) is 5.03 Å². The van der Waals surface area contributed by atoms with Gasteiger partial charge in [-0.3, -0.25) is 9.78 Å². The number of hydrogen-bond donors (Lipinski definition) is 1. The van der Waals surface area contributed by atoms with Crippen LogP contribution in [-0.2, 0) is 4.79 Å². The van der Waals surface area contributed by atoms with E-state index in [1.54, 1.807) is 16.9 Å². The fraction of sp³-hybridized carbons (Fsp3) is 0.150. The Labute approximate surface area is 166 Å². The van der Waals surface area contributed by atoms with Crippen LogP contribution in [0.3, 0.4) is 0 Å². The molecule has 0 saturated heterocycles. The number of carbonyl (C=O) groups excluding carboxylic acids is 1. The molecule has 1 amide bonds. The molecular weight excluding hydrogens is 372 g/mol. The lowest BCUT2D eigenvalue weighted by atomic mass is 10.1. The molecule has 4 rings (SSSR count). The van der Waals surface area contributed by atoms with E-state index in [2.05, 4.69) is 25.6 Å². The zero-order valence-electron chi connectivity index (χ0n) is 15.5. The predicted molar refractivity (Wildman–Crippen MR) is 109 cm³/mol. The Morgan fingerprint density at radius 2 is 1.89 bits per heavy atom. The SMILES string of the molecule is Cc1ccc(NC(=O)CSc2ccc3nnc(-c4ccncc4)n3n2)c(C)c1. The minimum absolute atomic E-state index is 0.0723. The zero-order valence-corrected chi connectivity index (χ0v) is 16.3. The van der Waals surface area contributed by atoms with E-state index in [0.29, 0.717) is 11.5 Å². The van der Waals surface area contributed by atoms with Gasteiger partial charge in [-0.2, -0.15) is 9.61 Å². The molecule has 0 atom stereocenters. The Hall–Kier alpha value is -3.26. The Morgan fingerprint density at radius 3 is 2.68 bits per heavy atom. The molecule has 7 nitrogen and oxygen atoms in total. The zero-order chi connectivity index (χ0) is 19.5. The van der Waals surface area contributed by atoms with Gasteiger partial charge in [-0.1, -0.05) is 29.5 Å². The molecule has 4 aromatic rings. The van der Waals surface area contributed by atoms with Crippen LogP contribution in [0.15, 0.2) is 59.9 Å². The molecule has 0 spiro atoms. The summed E-state index contributed by atoms with van der Waals surface area (Å²) in [7, 11) is 0. The first-order valence-electron chi connectivity index (χ1n) is 8.73. The number of aryl methyl sites for hydroxylation is 2. The molecule has 3 aromatic heterocycles. The number of anilines is 1. The number of amides is 1. The number of fused-ring (bicyclic) bond motifs is 1. The van der Waals surface area contributed by atoms with Crippen LogP contribution in [0, 0.1) is 13.8 Å². The van der Waals surface area contributed by atoms with Gasteiger partial charge in [-0.15, -0.1) is 10.2 Å². The molecule has 0 radical (unpaired) electrons. The maximum Gasteiger partial charge on any atom is 0.234 e. The topological polar surface area (TPSA) is 85.1 Å². The first-order chi connectivity index (χ1) is 13.6. The Bertz CT molecular complexity index is 1140. The minimum atomic E-state index is -0.0723. The summed E-state index contributed by atoms with van der Waals surface area (Å²) in [6.45, 7) is 4.01. The summed E-state index contributed by atoms with van der Waals surface area (Å²) < 4.78 is 1.68. The van der Waals surface area contributed by atoms with Gasteiger partial charge in [-0.05, 0) is 49.7 Å². The number of hydrogen-bond acceptors (Lipinski definition) is 6. The highest BCUT2D eigenvalue weighted by Gasteiger charge is 2.11. The van der Waals surface area contributed by atoms with E-state index in [1.807, 2.05) is 56.3 Å². The number of carbonyl (C=O) groups is 1. The van der Waals surface area contributed by atoms with Crippen LogP contribution in [-0.4, -0.2) is 36.5 Å². The van der Waals surface area contributed by atoms with Crippen molar-refractivity contribution in [3.63, 3.8) is 0 Å². The van der Waals surface area contributed by atoms with Crippen LogP contribution >= 0.6 is 11.8 Å². The molecule has 3 heterocycles. The Morgan fingerprint density at radius 1 is 1.07 bits per heavy atom. The van der Waals surface area contributed by atoms with Crippen LogP contribution < -0.4 is 5.32 Å². The van der Waals surface area contributed by atoms with Crippen LogP contribution in [0.4, 0.5) is 5.69 Å². The molecule has 8 heteroatoms. The average Bonchev–Trinajstić information content (AvgIpc) is 3.12. The van der Waals surface area contributed by atoms with Gasteiger partial charge in [0.15, 0.2) is 11.5 Å². The first kappa shape index (κ1) is 18.1. The van der Waals surface area contributed by atoms with Crippen molar-refractivity contribution in [3.05, 3.63) is 66.0 Å². The number of benzene rings is 1. The van der Waals surface area contributed by atoms with Gasteiger partial charge in [0.05, 0.1) is 5.75 Å². The van der Waals surface area contributed by atoms with E-state index in [-0.39, 0.29) is 11.7 Å². The molecule has 1 aromatic carbocycles. The highest BCUT2D eigenvalue weighted by atomic mass is 32.2. The summed E-state index contributed by atoms with van der Waals surface area (Å²) in [6.07, 6.45) is 3.40. The lowest BCUT2D eigenvalue weighted by molar-refractivity contribution is -0.113. The van der Waals surface area contributed by atoms with E-state index in [1.165, 1.54) is 17.3 Å². The highest BCUT2D eigenvalue weighted by Crippen LogP contribution is 2.21. The number of rotatable bonds is 5. The highest BCUT2D eigenvalue weighted by molar-refractivity contribution is 7.99. The second-order valence-corrected chi connectivity index (χ2v) is 7.35. The molecule has 0 bridgehead atoms. The van der Waals surface area contributed by atoms with Gasteiger partial charge in [0.2, 0.25) is 5.91 Å². The van der Waals surface area contributed by atoms with Gasteiger partial charge < -0.3 is 5.32 Å². The minimum Gasteiger partial charge on any atom is -0.325 e. The molecule has 0 fully saturated rings. The number of pyridine rings is 1. The molecule has 1 N–H and O–H groups in total. The molecular formula is C20H18N6OS. The number of nitrogens with one attached hydrogen (secondary N) is 1.